The minimum atomic E-state index is -1.85. The summed E-state index contributed by atoms with van der Waals surface area (Å²) in [7, 11) is -1.85. The predicted molar refractivity (Wildman–Crippen MR) is 105 cm³/mol. The second-order valence-corrected chi connectivity index (χ2v) is 7.12. The highest BCUT2D eigenvalue weighted by molar-refractivity contribution is 6.44. The molecular weight excluding hydrogens is 358 g/mol. The van der Waals surface area contributed by atoms with Crippen LogP contribution in [0.15, 0.2) is 24.3 Å². The zero-order valence-electron chi connectivity index (χ0n) is 14.9. The van der Waals surface area contributed by atoms with E-state index in [4.69, 9.17) is 27.9 Å². The van der Waals surface area contributed by atoms with Gasteiger partial charge in [-0.25, -0.2) is 0 Å². The van der Waals surface area contributed by atoms with E-state index < -0.39 is 13.4 Å². The molecule has 0 bridgehead atoms. The molecule has 0 amide bonds. The Kier molecular flexibility index (Phi) is 6.95. The van der Waals surface area contributed by atoms with Crippen LogP contribution in [0.4, 0.5) is 0 Å². The quantitative estimate of drug-likeness (QED) is 0.658. The van der Waals surface area contributed by atoms with E-state index in [1.54, 1.807) is 6.07 Å². The van der Waals surface area contributed by atoms with Crippen molar-refractivity contribution in [1.82, 2.24) is 0 Å². The molecule has 0 saturated heterocycles. The van der Waals surface area contributed by atoms with E-state index in [1.807, 2.05) is 26.8 Å². The van der Waals surface area contributed by atoms with Gasteiger partial charge in [-0.15, -0.1) is 0 Å². The minimum Gasteiger partial charge on any atom is -0.402 e. The van der Waals surface area contributed by atoms with Gasteiger partial charge < -0.3 is 14.7 Å². The molecule has 0 radical (unpaired) electrons. The van der Waals surface area contributed by atoms with E-state index in [2.05, 4.69) is 19.1 Å². The average Bonchev–Trinajstić information content (AvgIpc) is 2.50. The van der Waals surface area contributed by atoms with Crippen LogP contribution in [0.1, 0.15) is 48.1 Å². The first kappa shape index (κ1) is 20.3. The summed E-state index contributed by atoms with van der Waals surface area (Å²) in [5.74, 6) is 0. The number of aryl methyl sites for hydroxylation is 3. The third-order valence-electron chi connectivity index (χ3n) is 4.24. The van der Waals surface area contributed by atoms with Crippen molar-refractivity contribution in [2.24, 2.45) is 0 Å². The molecule has 3 nitrogen and oxygen atoms in total. The molecule has 0 saturated carbocycles. The Morgan fingerprint density at radius 2 is 1.64 bits per heavy atom. The molecule has 0 aliphatic heterocycles. The summed E-state index contributed by atoms with van der Waals surface area (Å²) in [6.45, 7) is 8.13. The Morgan fingerprint density at radius 3 is 2.16 bits per heavy atom. The van der Waals surface area contributed by atoms with Crippen molar-refractivity contribution < 1.29 is 14.7 Å². The molecular formula is C19H23BCl2O3. The number of halogens is 2. The second kappa shape index (κ2) is 8.57. The Balaban J connectivity index is 2.74. The van der Waals surface area contributed by atoms with Gasteiger partial charge in [0.2, 0.25) is 0 Å². The number of benzene rings is 2. The standard InChI is InChI=1S/C19H23BCl2O3/c1-5-6-16(25-20(23)24)14-7-8-15(21)19(22)18(14)17-12(3)9-11(2)10-13(17)4/h7-10,16,23-24H,5-6H2,1-4H3. The van der Waals surface area contributed by atoms with Crippen molar-refractivity contribution in [1.29, 1.82) is 0 Å². The molecule has 2 aromatic carbocycles. The largest absolute Gasteiger partial charge is 0.634 e. The molecule has 0 heterocycles. The fourth-order valence-corrected chi connectivity index (χ4v) is 3.79. The molecule has 0 aliphatic carbocycles. The summed E-state index contributed by atoms with van der Waals surface area (Å²) in [5.41, 5.74) is 5.95. The lowest BCUT2D eigenvalue weighted by Gasteiger charge is -2.24. The summed E-state index contributed by atoms with van der Waals surface area (Å²) in [4.78, 5) is 0. The Bertz CT molecular complexity index is 740. The molecule has 2 N–H and O–H groups in total. The van der Waals surface area contributed by atoms with Crippen LogP contribution in [0, 0.1) is 20.8 Å². The van der Waals surface area contributed by atoms with Gasteiger partial charge in [0, 0.05) is 5.56 Å². The van der Waals surface area contributed by atoms with Crippen molar-refractivity contribution in [3.63, 3.8) is 0 Å². The van der Waals surface area contributed by atoms with Gasteiger partial charge in [0.05, 0.1) is 16.1 Å². The smallest absolute Gasteiger partial charge is 0.402 e. The van der Waals surface area contributed by atoms with Gasteiger partial charge in [-0.05, 0) is 55.5 Å². The lowest BCUT2D eigenvalue weighted by atomic mass is 9.88. The van der Waals surface area contributed by atoms with Gasteiger partial charge in [0.15, 0.2) is 0 Å². The van der Waals surface area contributed by atoms with Gasteiger partial charge in [-0.1, -0.05) is 60.3 Å². The first-order valence-corrected chi connectivity index (χ1v) is 9.09. The summed E-state index contributed by atoms with van der Waals surface area (Å²) >= 11 is 12.9. The van der Waals surface area contributed by atoms with E-state index in [1.165, 1.54) is 5.56 Å². The van der Waals surface area contributed by atoms with Crippen molar-refractivity contribution in [2.75, 3.05) is 0 Å². The topological polar surface area (TPSA) is 49.7 Å². The van der Waals surface area contributed by atoms with E-state index in [-0.39, 0.29) is 0 Å². The first-order chi connectivity index (χ1) is 11.8. The molecule has 2 rings (SSSR count). The van der Waals surface area contributed by atoms with Gasteiger partial charge >= 0.3 is 7.32 Å². The normalized spacial score (nSPS) is 12.3. The minimum absolute atomic E-state index is 0.450. The van der Waals surface area contributed by atoms with Gasteiger partial charge in [0.1, 0.15) is 0 Å². The Morgan fingerprint density at radius 1 is 1.04 bits per heavy atom. The third kappa shape index (κ3) is 4.58. The fourth-order valence-electron chi connectivity index (χ4n) is 3.37. The van der Waals surface area contributed by atoms with Gasteiger partial charge in [0.25, 0.3) is 0 Å². The van der Waals surface area contributed by atoms with E-state index in [0.29, 0.717) is 16.5 Å². The molecule has 1 unspecified atom stereocenters. The monoisotopic (exact) mass is 380 g/mol. The zero-order chi connectivity index (χ0) is 18.7. The number of hydrogen-bond donors (Lipinski definition) is 2. The van der Waals surface area contributed by atoms with Crippen LogP contribution < -0.4 is 0 Å². The lowest BCUT2D eigenvalue weighted by molar-refractivity contribution is 0.112. The maximum atomic E-state index is 9.32. The SMILES string of the molecule is CCCC(OB(O)O)c1ccc(Cl)c(Cl)c1-c1c(C)cc(C)cc1C. The van der Waals surface area contributed by atoms with Gasteiger partial charge in [-0.2, -0.15) is 0 Å². The van der Waals surface area contributed by atoms with E-state index in [9.17, 15) is 10.0 Å². The van der Waals surface area contributed by atoms with Crippen LogP contribution in [-0.4, -0.2) is 17.4 Å². The summed E-state index contributed by atoms with van der Waals surface area (Å²) in [6.07, 6.45) is 0.963. The summed E-state index contributed by atoms with van der Waals surface area (Å²) < 4.78 is 5.35. The lowest BCUT2D eigenvalue weighted by Crippen LogP contribution is -2.21. The predicted octanol–water partition coefficient (Wildman–Crippen LogP) is 5.41. The van der Waals surface area contributed by atoms with E-state index >= 15 is 0 Å². The molecule has 0 fully saturated rings. The fraction of sp³-hybridized carbons (Fsp3) is 0.368. The molecule has 1 atom stereocenters. The number of rotatable bonds is 6. The Labute approximate surface area is 159 Å². The molecule has 134 valence electrons. The maximum Gasteiger partial charge on any atom is 0.634 e. The highest BCUT2D eigenvalue weighted by Gasteiger charge is 2.25. The van der Waals surface area contributed by atoms with Crippen LogP contribution in [0.3, 0.4) is 0 Å². The number of hydrogen-bond acceptors (Lipinski definition) is 3. The molecule has 25 heavy (non-hydrogen) atoms. The van der Waals surface area contributed by atoms with Crippen molar-refractivity contribution >= 4 is 30.5 Å². The van der Waals surface area contributed by atoms with E-state index in [0.717, 1.165) is 34.2 Å². The van der Waals surface area contributed by atoms with Crippen LogP contribution in [0.25, 0.3) is 11.1 Å². The highest BCUT2D eigenvalue weighted by atomic mass is 35.5. The van der Waals surface area contributed by atoms with Crippen molar-refractivity contribution in [2.45, 2.75) is 46.6 Å². The van der Waals surface area contributed by atoms with Crippen molar-refractivity contribution in [3.05, 3.63) is 56.6 Å². The van der Waals surface area contributed by atoms with Gasteiger partial charge in [-0.3, -0.25) is 0 Å². The summed E-state index contributed by atoms with van der Waals surface area (Å²) in [6, 6.07) is 7.77. The molecule has 0 spiro atoms. The molecule has 2 aromatic rings. The van der Waals surface area contributed by atoms with Crippen LogP contribution in [0.5, 0.6) is 0 Å². The van der Waals surface area contributed by atoms with Crippen LogP contribution in [-0.2, 0) is 4.65 Å². The molecule has 0 aromatic heterocycles. The van der Waals surface area contributed by atoms with Crippen molar-refractivity contribution in [3.8, 4) is 11.1 Å². The third-order valence-corrected chi connectivity index (χ3v) is 5.04. The maximum absolute atomic E-state index is 9.32. The average molecular weight is 381 g/mol. The Hall–Kier alpha value is -1.04. The molecule has 0 aliphatic rings. The molecule has 6 heteroatoms. The first-order valence-electron chi connectivity index (χ1n) is 8.34. The van der Waals surface area contributed by atoms with Crippen LogP contribution >= 0.6 is 23.2 Å². The van der Waals surface area contributed by atoms with Crippen LogP contribution in [0.2, 0.25) is 10.0 Å². The summed E-state index contributed by atoms with van der Waals surface area (Å²) in [5, 5.41) is 19.5. The zero-order valence-corrected chi connectivity index (χ0v) is 16.4. The second-order valence-electron chi connectivity index (χ2n) is 6.34. The highest BCUT2D eigenvalue weighted by Crippen LogP contribution is 2.43.